The van der Waals surface area contributed by atoms with Gasteiger partial charge in [0.05, 0.1) is 28.7 Å². The quantitative estimate of drug-likeness (QED) is 0.134. The van der Waals surface area contributed by atoms with Crippen molar-refractivity contribution in [2.75, 3.05) is 23.5 Å². The number of imide groups is 2. The van der Waals surface area contributed by atoms with Gasteiger partial charge in [0.2, 0.25) is 0 Å². The summed E-state index contributed by atoms with van der Waals surface area (Å²) in [6.07, 6.45) is 1.50. The summed E-state index contributed by atoms with van der Waals surface area (Å²) in [5.74, 6) is -0.343. The Morgan fingerprint density at radius 3 is 2.33 bits per heavy atom. The van der Waals surface area contributed by atoms with Crippen molar-refractivity contribution in [1.29, 1.82) is 0 Å². The number of hydrogen-bond acceptors (Lipinski definition) is 5. The molecule has 4 amide bonds. The van der Waals surface area contributed by atoms with E-state index in [4.69, 9.17) is 9.47 Å². The summed E-state index contributed by atoms with van der Waals surface area (Å²) in [5.41, 5.74) is 2.07. The molecule has 196 valence electrons. The SMILES string of the molecule is CCOc1c(I)cc(/C=C2\C(=O)N(c3cccc(C)c3)C(=O)N(c3cccc4ccccc34)C2=O)cc1OC. The van der Waals surface area contributed by atoms with Crippen LogP contribution < -0.4 is 19.3 Å². The molecule has 0 N–H and O–H groups in total. The molecule has 4 aromatic carbocycles. The van der Waals surface area contributed by atoms with Crippen molar-refractivity contribution < 1.29 is 23.9 Å². The number of hydrogen-bond donors (Lipinski definition) is 0. The van der Waals surface area contributed by atoms with E-state index in [0.29, 0.717) is 35.0 Å². The molecule has 5 rings (SSSR count). The van der Waals surface area contributed by atoms with Gasteiger partial charge in [0.25, 0.3) is 11.8 Å². The number of aryl methyl sites for hydroxylation is 1. The summed E-state index contributed by atoms with van der Waals surface area (Å²) in [5, 5.41) is 1.59. The largest absolute Gasteiger partial charge is 0.493 e. The molecule has 0 unspecified atom stereocenters. The average Bonchev–Trinajstić information content (AvgIpc) is 2.92. The molecule has 1 saturated heterocycles. The van der Waals surface area contributed by atoms with Crippen LogP contribution in [0, 0.1) is 10.5 Å². The summed E-state index contributed by atoms with van der Waals surface area (Å²) in [6, 6.07) is 22.7. The predicted molar refractivity (Wildman–Crippen MR) is 160 cm³/mol. The Labute approximate surface area is 239 Å². The van der Waals surface area contributed by atoms with Crippen LogP contribution in [0.2, 0.25) is 0 Å². The maximum absolute atomic E-state index is 14.0. The first kappa shape index (κ1) is 26.4. The smallest absolute Gasteiger partial charge is 0.343 e. The van der Waals surface area contributed by atoms with Crippen LogP contribution in [0.5, 0.6) is 11.5 Å². The number of anilines is 2. The van der Waals surface area contributed by atoms with E-state index in [-0.39, 0.29) is 5.57 Å². The maximum Gasteiger partial charge on any atom is 0.343 e. The molecule has 8 heteroatoms. The van der Waals surface area contributed by atoms with Crippen LogP contribution >= 0.6 is 22.6 Å². The van der Waals surface area contributed by atoms with Crippen LogP contribution in [0.15, 0.2) is 84.4 Å². The van der Waals surface area contributed by atoms with Crippen molar-refractivity contribution in [3.05, 3.63) is 99.1 Å². The zero-order valence-corrected chi connectivity index (χ0v) is 23.8. The van der Waals surface area contributed by atoms with Gasteiger partial charge in [-0.3, -0.25) is 9.59 Å². The minimum absolute atomic E-state index is 0.147. The standard InChI is InChI=1S/C31H25IN2O5/c1-4-39-28-25(32)17-20(18-27(28)38-3)16-24-29(35)33(22-12-7-9-19(2)15-22)31(37)34(30(24)36)26-14-8-11-21-10-5-6-13-23(21)26/h5-18H,4H2,1-3H3/b24-16+. The fraction of sp³-hybridized carbons (Fsp3) is 0.129. The van der Waals surface area contributed by atoms with E-state index >= 15 is 0 Å². The van der Waals surface area contributed by atoms with Gasteiger partial charge in [-0.1, -0.05) is 48.5 Å². The van der Waals surface area contributed by atoms with Gasteiger partial charge in [0, 0.05) is 5.39 Å². The molecule has 0 atom stereocenters. The molecule has 1 aliphatic rings. The minimum atomic E-state index is -0.733. The van der Waals surface area contributed by atoms with Crippen LogP contribution in [0.3, 0.4) is 0 Å². The molecular formula is C31H25IN2O5. The molecule has 7 nitrogen and oxygen atoms in total. The molecule has 0 spiro atoms. The van der Waals surface area contributed by atoms with Gasteiger partial charge in [-0.15, -0.1) is 0 Å². The predicted octanol–water partition coefficient (Wildman–Crippen LogP) is 6.74. The molecule has 1 aliphatic heterocycles. The van der Waals surface area contributed by atoms with E-state index in [1.807, 2.05) is 50.2 Å². The Kier molecular flexibility index (Phi) is 7.38. The molecule has 1 heterocycles. The third kappa shape index (κ3) is 4.87. The zero-order chi connectivity index (χ0) is 27.7. The number of halogens is 1. The second kappa shape index (κ2) is 10.9. The lowest BCUT2D eigenvalue weighted by Gasteiger charge is -2.34. The second-order valence-corrected chi connectivity index (χ2v) is 10.1. The second-order valence-electron chi connectivity index (χ2n) is 8.93. The first-order valence-corrected chi connectivity index (χ1v) is 13.4. The number of rotatable bonds is 6. The Morgan fingerprint density at radius 2 is 1.59 bits per heavy atom. The van der Waals surface area contributed by atoms with Crippen LogP contribution in [0.4, 0.5) is 16.2 Å². The van der Waals surface area contributed by atoms with Crippen LogP contribution in [0.25, 0.3) is 16.8 Å². The lowest BCUT2D eigenvalue weighted by atomic mass is 10.0. The number of methoxy groups -OCH3 is 1. The van der Waals surface area contributed by atoms with Crippen molar-refractivity contribution in [3.63, 3.8) is 0 Å². The van der Waals surface area contributed by atoms with Crippen LogP contribution in [0.1, 0.15) is 18.1 Å². The monoisotopic (exact) mass is 632 g/mol. The van der Waals surface area contributed by atoms with E-state index in [0.717, 1.165) is 29.7 Å². The number of nitrogens with zero attached hydrogens (tertiary/aromatic N) is 2. The average molecular weight is 632 g/mol. The third-order valence-corrected chi connectivity index (χ3v) is 7.17. The number of barbiturate groups is 1. The molecule has 39 heavy (non-hydrogen) atoms. The van der Waals surface area contributed by atoms with Gasteiger partial charge in [-0.25, -0.2) is 14.6 Å². The van der Waals surface area contributed by atoms with Gasteiger partial charge in [0.15, 0.2) is 11.5 Å². The van der Waals surface area contributed by atoms with E-state index in [2.05, 4.69) is 22.6 Å². The third-order valence-electron chi connectivity index (χ3n) is 6.37. The topological polar surface area (TPSA) is 76.2 Å². The number of amides is 4. The summed E-state index contributed by atoms with van der Waals surface area (Å²) in [6.45, 7) is 4.21. The van der Waals surface area contributed by atoms with Gasteiger partial charge in [-0.05, 0) is 89.4 Å². The van der Waals surface area contributed by atoms with Gasteiger partial charge in [-0.2, -0.15) is 0 Å². The van der Waals surface area contributed by atoms with Crippen LogP contribution in [-0.4, -0.2) is 31.6 Å². The molecule has 0 aliphatic carbocycles. The normalized spacial score (nSPS) is 14.9. The molecule has 1 fully saturated rings. The molecule has 0 radical (unpaired) electrons. The lowest BCUT2D eigenvalue weighted by molar-refractivity contribution is -0.121. The van der Waals surface area contributed by atoms with Crippen molar-refractivity contribution >= 4 is 68.7 Å². The minimum Gasteiger partial charge on any atom is -0.493 e. The lowest BCUT2D eigenvalue weighted by Crippen LogP contribution is -2.57. The maximum atomic E-state index is 14.0. The highest BCUT2D eigenvalue weighted by Gasteiger charge is 2.44. The molecule has 0 saturated carbocycles. The highest BCUT2D eigenvalue weighted by atomic mass is 127. The van der Waals surface area contributed by atoms with E-state index < -0.39 is 17.8 Å². The molecule has 0 aromatic heterocycles. The fourth-order valence-corrected chi connectivity index (χ4v) is 5.40. The van der Waals surface area contributed by atoms with Crippen molar-refractivity contribution in [1.82, 2.24) is 0 Å². The first-order valence-electron chi connectivity index (χ1n) is 12.3. The molecular weight excluding hydrogens is 607 g/mol. The number of fused-ring (bicyclic) bond motifs is 1. The Hall–Kier alpha value is -4.18. The zero-order valence-electron chi connectivity index (χ0n) is 21.6. The summed E-state index contributed by atoms with van der Waals surface area (Å²) >= 11 is 2.13. The van der Waals surface area contributed by atoms with Crippen molar-refractivity contribution in [2.45, 2.75) is 13.8 Å². The van der Waals surface area contributed by atoms with Crippen molar-refractivity contribution in [2.24, 2.45) is 0 Å². The molecule has 4 aromatic rings. The Bertz CT molecular complexity index is 1660. The summed E-state index contributed by atoms with van der Waals surface area (Å²) < 4.78 is 12.0. The number of urea groups is 1. The number of benzene rings is 4. The van der Waals surface area contributed by atoms with Gasteiger partial charge >= 0.3 is 6.03 Å². The number of carbonyl (C=O) groups excluding carboxylic acids is 3. The first-order chi connectivity index (χ1) is 18.8. The number of carbonyl (C=O) groups is 3. The number of ether oxygens (including phenoxy) is 2. The summed E-state index contributed by atoms with van der Waals surface area (Å²) in [4.78, 5) is 43.9. The Morgan fingerprint density at radius 1 is 0.872 bits per heavy atom. The van der Waals surface area contributed by atoms with E-state index in [1.165, 1.54) is 13.2 Å². The molecule has 0 bridgehead atoms. The van der Waals surface area contributed by atoms with Gasteiger partial charge < -0.3 is 9.47 Å². The summed E-state index contributed by atoms with van der Waals surface area (Å²) in [7, 11) is 1.53. The van der Waals surface area contributed by atoms with Gasteiger partial charge in [0.1, 0.15) is 5.57 Å². The fourth-order valence-electron chi connectivity index (χ4n) is 4.61. The van der Waals surface area contributed by atoms with E-state index in [9.17, 15) is 14.4 Å². The van der Waals surface area contributed by atoms with Crippen molar-refractivity contribution in [3.8, 4) is 11.5 Å². The highest BCUT2D eigenvalue weighted by Crippen LogP contribution is 2.37. The van der Waals surface area contributed by atoms with Crippen LogP contribution in [-0.2, 0) is 9.59 Å². The van der Waals surface area contributed by atoms with E-state index in [1.54, 1.807) is 42.5 Å². The highest BCUT2D eigenvalue weighted by molar-refractivity contribution is 14.1. The Balaban J connectivity index is 1.71.